The molecule has 8 heteroatoms. The molecule has 3 amide bonds. The summed E-state index contributed by atoms with van der Waals surface area (Å²) >= 11 is 0. The number of nitrogens with one attached hydrogen (secondary N) is 1. The molecule has 2 aromatic rings. The Balaban J connectivity index is 1.40. The van der Waals surface area contributed by atoms with E-state index in [1.165, 1.54) is 0 Å². The number of amides is 3. The zero-order valence-corrected chi connectivity index (χ0v) is 17.6. The molecule has 4 rings (SSSR count). The topological polar surface area (TPSA) is 91.7 Å². The van der Waals surface area contributed by atoms with Crippen LogP contribution in [-0.4, -0.2) is 70.6 Å². The molecule has 0 saturated carbocycles. The normalized spacial score (nSPS) is 16.3. The van der Waals surface area contributed by atoms with Gasteiger partial charge in [-0.05, 0) is 31.7 Å². The highest BCUT2D eigenvalue weighted by molar-refractivity contribution is 6.45. The number of fused-ring (bicyclic) bond motifs is 1. The Morgan fingerprint density at radius 1 is 1.00 bits per heavy atom. The number of nitrogens with zero attached hydrogens (tertiary/aromatic N) is 3. The summed E-state index contributed by atoms with van der Waals surface area (Å²) in [6, 6.07) is 7.32. The smallest absolute Gasteiger partial charge is 0.292 e. The quantitative estimate of drug-likeness (QED) is 0.396. The Labute approximate surface area is 181 Å². The highest BCUT2D eigenvalue weighted by atomic mass is 16.2. The van der Waals surface area contributed by atoms with Gasteiger partial charge in [0.05, 0.1) is 5.56 Å². The first-order valence-electron chi connectivity index (χ1n) is 11.0. The largest absolute Gasteiger partial charge is 0.349 e. The van der Waals surface area contributed by atoms with Crippen LogP contribution >= 0.6 is 0 Å². The van der Waals surface area contributed by atoms with E-state index >= 15 is 0 Å². The van der Waals surface area contributed by atoms with Crippen LogP contribution in [0.4, 0.5) is 0 Å². The molecule has 0 atom stereocenters. The molecule has 2 saturated heterocycles. The summed E-state index contributed by atoms with van der Waals surface area (Å²) in [5.41, 5.74) is 1.07. The number of hydrogen-bond donors (Lipinski definition) is 1. The molecule has 0 aliphatic carbocycles. The lowest BCUT2D eigenvalue weighted by Crippen LogP contribution is -2.34. The first kappa shape index (κ1) is 21.1. The van der Waals surface area contributed by atoms with Gasteiger partial charge in [0.25, 0.3) is 11.7 Å². The van der Waals surface area contributed by atoms with E-state index in [-0.39, 0.29) is 18.4 Å². The Bertz CT molecular complexity index is 1010. The summed E-state index contributed by atoms with van der Waals surface area (Å²) in [6.07, 6.45) is 5.74. The summed E-state index contributed by atoms with van der Waals surface area (Å²) in [4.78, 5) is 53.2. The van der Waals surface area contributed by atoms with Crippen LogP contribution in [0, 0.1) is 0 Å². The van der Waals surface area contributed by atoms with Gasteiger partial charge in [-0.25, -0.2) is 0 Å². The Morgan fingerprint density at radius 3 is 2.52 bits per heavy atom. The van der Waals surface area contributed by atoms with E-state index in [1.807, 2.05) is 23.1 Å². The average Bonchev–Trinajstić information content (AvgIpc) is 3.52. The van der Waals surface area contributed by atoms with Crippen LogP contribution in [0.3, 0.4) is 0 Å². The van der Waals surface area contributed by atoms with Crippen LogP contribution < -0.4 is 5.32 Å². The maximum absolute atomic E-state index is 12.8. The minimum Gasteiger partial charge on any atom is -0.349 e. The lowest BCUT2D eigenvalue weighted by molar-refractivity contribution is -0.130. The zero-order chi connectivity index (χ0) is 21.8. The standard InChI is InChI=1S/C23H28N4O4/c28-20-9-5-13-25(20)14-6-10-24-23(31)22(30)18-15-27(19-8-2-1-7-17(18)19)16-21(29)26-11-3-4-12-26/h1-2,7-8,15H,3-6,9-14,16H2,(H,24,31). The van der Waals surface area contributed by atoms with Crippen molar-refractivity contribution in [2.24, 2.45) is 0 Å². The van der Waals surface area contributed by atoms with Crippen LogP contribution in [0.5, 0.6) is 0 Å². The fourth-order valence-electron chi connectivity index (χ4n) is 4.39. The molecular formula is C23H28N4O4. The second kappa shape index (κ2) is 9.32. The van der Waals surface area contributed by atoms with Crippen molar-refractivity contribution in [1.29, 1.82) is 0 Å². The molecule has 1 aromatic heterocycles. The van der Waals surface area contributed by atoms with Crippen molar-refractivity contribution in [3.05, 3.63) is 36.0 Å². The fraction of sp³-hybridized carbons (Fsp3) is 0.478. The third kappa shape index (κ3) is 4.62. The van der Waals surface area contributed by atoms with Gasteiger partial charge in [-0.15, -0.1) is 0 Å². The zero-order valence-electron chi connectivity index (χ0n) is 17.6. The van der Waals surface area contributed by atoms with Crippen molar-refractivity contribution >= 4 is 34.4 Å². The number of carbonyl (C=O) groups excluding carboxylic acids is 4. The monoisotopic (exact) mass is 424 g/mol. The van der Waals surface area contributed by atoms with Gasteiger partial charge in [0, 0.05) is 56.2 Å². The maximum Gasteiger partial charge on any atom is 0.292 e. The van der Waals surface area contributed by atoms with Gasteiger partial charge in [-0.2, -0.15) is 0 Å². The summed E-state index contributed by atoms with van der Waals surface area (Å²) in [5, 5.41) is 3.33. The predicted octanol–water partition coefficient (Wildman–Crippen LogP) is 1.58. The Morgan fingerprint density at radius 2 is 1.77 bits per heavy atom. The van der Waals surface area contributed by atoms with E-state index in [2.05, 4.69) is 5.32 Å². The number of rotatable bonds is 8. The molecule has 0 radical (unpaired) electrons. The fourth-order valence-corrected chi connectivity index (χ4v) is 4.39. The number of carbonyl (C=O) groups is 4. The summed E-state index contributed by atoms with van der Waals surface area (Å²) in [7, 11) is 0. The Hall–Kier alpha value is -3.16. The van der Waals surface area contributed by atoms with Gasteiger partial charge in [0.1, 0.15) is 6.54 Å². The summed E-state index contributed by atoms with van der Waals surface area (Å²) < 4.78 is 1.76. The average molecular weight is 425 g/mol. The van der Waals surface area contributed by atoms with Crippen LogP contribution in [-0.2, 0) is 20.9 Å². The van der Waals surface area contributed by atoms with Crippen molar-refractivity contribution in [2.75, 3.05) is 32.7 Å². The van der Waals surface area contributed by atoms with Crippen LogP contribution in [0.15, 0.2) is 30.5 Å². The van der Waals surface area contributed by atoms with Gasteiger partial charge in [-0.1, -0.05) is 18.2 Å². The van der Waals surface area contributed by atoms with Crippen LogP contribution in [0.1, 0.15) is 42.5 Å². The third-order valence-corrected chi connectivity index (χ3v) is 6.07. The van der Waals surface area contributed by atoms with E-state index in [0.717, 1.165) is 44.4 Å². The SMILES string of the molecule is O=C(NCCCN1CCCC1=O)C(=O)c1cn(CC(=O)N2CCCC2)c2ccccc12. The molecule has 8 nitrogen and oxygen atoms in total. The van der Waals surface area contributed by atoms with E-state index in [9.17, 15) is 19.2 Å². The number of para-hydroxylation sites is 1. The molecule has 2 aliphatic rings. The predicted molar refractivity (Wildman–Crippen MR) is 116 cm³/mol. The van der Waals surface area contributed by atoms with Gasteiger partial charge >= 0.3 is 0 Å². The van der Waals surface area contributed by atoms with Crippen LogP contribution in [0.2, 0.25) is 0 Å². The van der Waals surface area contributed by atoms with E-state index < -0.39 is 11.7 Å². The molecule has 164 valence electrons. The first-order valence-corrected chi connectivity index (χ1v) is 11.0. The number of Topliss-reactive ketones (excluding diaryl/α,β-unsaturated/α-hetero) is 1. The minimum atomic E-state index is -0.665. The van der Waals surface area contributed by atoms with Crippen molar-refractivity contribution in [3.8, 4) is 0 Å². The van der Waals surface area contributed by atoms with Crippen molar-refractivity contribution in [1.82, 2.24) is 19.7 Å². The van der Waals surface area contributed by atoms with Crippen molar-refractivity contribution in [3.63, 3.8) is 0 Å². The van der Waals surface area contributed by atoms with E-state index in [0.29, 0.717) is 36.9 Å². The lowest BCUT2D eigenvalue weighted by Gasteiger charge is -2.16. The summed E-state index contributed by atoms with van der Waals surface area (Å²) in [5.74, 6) is -1.10. The third-order valence-electron chi connectivity index (χ3n) is 6.07. The molecule has 2 fully saturated rings. The van der Waals surface area contributed by atoms with Gasteiger partial charge < -0.3 is 19.7 Å². The number of aromatic nitrogens is 1. The second-order valence-electron chi connectivity index (χ2n) is 8.20. The highest BCUT2D eigenvalue weighted by Gasteiger charge is 2.24. The molecule has 0 spiro atoms. The molecule has 0 unspecified atom stereocenters. The molecule has 1 aromatic carbocycles. The number of ketones is 1. The van der Waals surface area contributed by atoms with E-state index in [4.69, 9.17) is 0 Å². The van der Waals surface area contributed by atoms with Crippen molar-refractivity contribution in [2.45, 2.75) is 38.6 Å². The van der Waals surface area contributed by atoms with Crippen LogP contribution in [0.25, 0.3) is 10.9 Å². The minimum absolute atomic E-state index is 0.0261. The molecule has 1 N–H and O–H groups in total. The molecule has 0 bridgehead atoms. The number of hydrogen-bond acceptors (Lipinski definition) is 4. The molecule has 31 heavy (non-hydrogen) atoms. The van der Waals surface area contributed by atoms with Gasteiger partial charge in [0.15, 0.2) is 0 Å². The highest BCUT2D eigenvalue weighted by Crippen LogP contribution is 2.22. The lowest BCUT2D eigenvalue weighted by atomic mass is 10.1. The van der Waals surface area contributed by atoms with Crippen molar-refractivity contribution < 1.29 is 19.2 Å². The molecule has 2 aliphatic heterocycles. The first-order chi connectivity index (χ1) is 15.0. The van der Waals surface area contributed by atoms with Gasteiger partial charge in [-0.3, -0.25) is 19.2 Å². The number of likely N-dealkylation sites (tertiary alicyclic amines) is 2. The van der Waals surface area contributed by atoms with Gasteiger partial charge in [0.2, 0.25) is 11.8 Å². The maximum atomic E-state index is 12.8. The molecule has 3 heterocycles. The Kier molecular flexibility index (Phi) is 6.34. The summed E-state index contributed by atoms with van der Waals surface area (Å²) in [6.45, 7) is 3.39. The second-order valence-corrected chi connectivity index (χ2v) is 8.20. The number of benzene rings is 1. The molecular weight excluding hydrogens is 396 g/mol. The van der Waals surface area contributed by atoms with E-state index in [1.54, 1.807) is 21.7 Å².